The molecule has 0 spiro atoms. The van der Waals surface area contributed by atoms with E-state index in [1.165, 1.54) is 37.7 Å². The first-order chi connectivity index (χ1) is 15.1. The Morgan fingerprint density at radius 3 is 2.74 bits per heavy atom. The summed E-state index contributed by atoms with van der Waals surface area (Å²) in [6, 6.07) is 15.8. The average molecular weight is 436 g/mol. The van der Waals surface area contributed by atoms with Gasteiger partial charge >= 0.3 is 0 Å². The van der Waals surface area contributed by atoms with Gasteiger partial charge in [-0.1, -0.05) is 53.7 Å². The molecule has 1 fully saturated rings. The van der Waals surface area contributed by atoms with Gasteiger partial charge in [0, 0.05) is 11.4 Å². The normalized spacial score (nSPS) is 17.8. The lowest BCUT2D eigenvalue weighted by atomic mass is 10.1. The monoisotopic (exact) mass is 435 g/mol. The zero-order valence-electron chi connectivity index (χ0n) is 18.0. The predicted octanol–water partition coefficient (Wildman–Crippen LogP) is 4.08. The van der Waals surface area contributed by atoms with E-state index in [0.717, 1.165) is 34.7 Å². The van der Waals surface area contributed by atoms with E-state index in [2.05, 4.69) is 16.3 Å². The van der Waals surface area contributed by atoms with Gasteiger partial charge in [0.05, 0.1) is 10.6 Å². The fourth-order valence-corrected chi connectivity index (χ4v) is 5.13. The second-order valence-electron chi connectivity index (χ2n) is 8.14. The molecule has 0 aliphatic carbocycles. The second kappa shape index (κ2) is 10.2. The van der Waals surface area contributed by atoms with Gasteiger partial charge in [-0.05, 0) is 69.6 Å². The third-order valence-electron chi connectivity index (χ3n) is 5.65. The Morgan fingerprint density at radius 1 is 1.13 bits per heavy atom. The number of anilines is 1. The van der Waals surface area contributed by atoms with Crippen LogP contribution < -0.4 is 10.2 Å². The first-order valence-electron chi connectivity index (χ1n) is 11.0. The van der Waals surface area contributed by atoms with Crippen LogP contribution in [0.25, 0.3) is 6.08 Å². The minimum Gasteiger partial charge on any atom is -0.355 e. The van der Waals surface area contributed by atoms with Crippen molar-refractivity contribution in [2.75, 3.05) is 37.6 Å². The van der Waals surface area contributed by atoms with Gasteiger partial charge in [-0.3, -0.25) is 14.5 Å². The summed E-state index contributed by atoms with van der Waals surface area (Å²) in [5, 5.41) is 2.99. The van der Waals surface area contributed by atoms with Crippen LogP contribution >= 0.6 is 11.8 Å². The van der Waals surface area contributed by atoms with E-state index in [-0.39, 0.29) is 18.4 Å². The molecule has 2 aromatic rings. The van der Waals surface area contributed by atoms with E-state index in [1.807, 2.05) is 55.5 Å². The van der Waals surface area contributed by atoms with Crippen molar-refractivity contribution < 1.29 is 9.59 Å². The molecule has 5 nitrogen and oxygen atoms in total. The molecule has 0 aromatic heterocycles. The van der Waals surface area contributed by atoms with Crippen LogP contribution in [0.2, 0.25) is 0 Å². The number of thioether (sulfide) groups is 1. The lowest BCUT2D eigenvalue weighted by Gasteiger charge is -2.29. The Morgan fingerprint density at radius 2 is 1.94 bits per heavy atom. The van der Waals surface area contributed by atoms with Crippen LogP contribution in [0.3, 0.4) is 0 Å². The first kappa shape index (κ1) is 21.7. The number of likely N-dealkylation sites (tertiary alicyclic amines) is 1. The quantitative estimate of drug-likeness (QED) is 0.526. The largest absolute Gasteiger partial charge is 0.355 e. The van der Waals surface area contributed by atoms with Crippen LogP contribution in [0.15, 0.2) is 58.3 Å². The molecule has 2 amide bonds. The minimum absolute atomic E-state index is 0.0330. The van der Waals surface area contributed by atoms with Crippen LogP contribution in [0.1, 0.15) is 30.4 Å². The van der Waals surface area contributed by atoms with Crippen LogP contribution in [0, 0.1) is 6.92 Å². The molecule has 6 heteroatoms. The third-order valence-corrected chi connectivity index (χ3v) is 6.72. The van der Waals surface area contributed by atoms with Crippen molar-refractivity contribution in [2.24, 2.45) is 0 Å². The van der Waals surface area contributed by atoms with Gasteiger partial charge in [-0.25, -0.2) is 0 Å². The average Bonchev–Trinajstić information content (AvgIpc) is 3.28. The molecule has 2 heterocycles. The van der Waals surface area contributed by atoms with Gasteiger partial charge in [0.1, 0.15) is 6.54 Å². The highest BCUT2D eigenvalue weighted by Crippen LogP contribution is 2.41. The number of fused-ring (bicyclic) bond motifs is 1. The van der Waals surface area contributed by atoms with E-state index in [9.17, 15) is 9.59 Å². The van der Waals surface area contributed by atoms with Crippen LogP contribution in [0.5, 0.6) is 0 Å². The SMILES string of the molecule is Cc1cccc(C=C2Sc3ccccc3N(CC(=O)NCCCN3CCCC3)C2=O)c1. The highest BCUT2D eigenvalue weighted by atomic mass is 32.2. The van der Waals surface area contributed by atoms with Gasteiger partial charge in [-0.2, -0.15) is 0 Å². The maximum absolute atomic E-state index is 13.3. The number of nitrogens with zero attached hydrogens (tertiary/aromatic N) is 2. The van der Waals surface area contributed by atoms with Gasteiger partial charge < -0.3 is 10.2 Å². The molecule has 2 aliphatic rings. The molecule has 0 radical (unpaired) electrons. The standard InChI is InChI=1S/C25H29N3O2S/c1-19-8-6-9-20(16-19)17-23-25(30)28(21-10-2-3-11-22(21)31-23)18-24(29)26-12-7-15-27-13-4-5-14-27/h2-3,6,8-11,16-17H,4-5,7,12-15,18H2,1H3,(H,26,29). The summed E-state index contributed by atoms with van der Waals surface area (Å²) < 4.78 is 0. The van der Waals surface area contributed by atoms with Gasteiger partial charge in [0.15, 0.2) is 0 Å². The molecule has 0 atom stereocenters. The van der Waals surface area contributed by atoms with Gasteiger partial charge in [0.25, 0.3) is 5.91 Å². The summed E-state index contributed by atoms with van der Waals surface area (Å²) in [6.07, 6.45) is 5.40. The highest BCUT2D eigenvalue weighted by molar-refractivity contribution is 8.04. The lowest BCUT2D eigenvalue weighted by Crippen LogP contribution is -2.43. The maximum Gasteiger partial charge on any atom is 0.265 e. The van der Waals surface area contributed by atoms with Crippen molar-refractivity contribution in [1.29, 1.82) is 0 Å². The number of rotatable bonds is 7. The number of benzene rings is 2. The van der Waals surface area contributed by atoms with Crippen molar-refractivity contribution >= 4 is 35.3 Å². The van der Waals surface area contributed by atoms with Crippen LogP contribution in [-0.4, -0.2) is 49.4 Å². The van der Waals surface area contributed by atoms with E-state index >= 15 is 0 Å². The van der Waals surface area contributed by atoms with Gasteiger partial charge in [-0.15, -0.1) is 0 Å². The Bertz CT molecular complexity index is 982. The molecular weight excluding hydrogens is 406 g/mol. The zero-order chi connectivity index (χ0) is 21.6. The molecule has 0 unspecified atom stereocenters. The first-order valence-corrected chi connectivity index (χ1v) is 11.8. The molecule has 0 saturated carbocycles. The molecule has 1 N–H and O–H groups in total. The summed E-state index contributed by atoms with van der Waals surface area (Å²) in [5.74, 6) is -0.246. The molecule has 2 aliphatic heterocycles. The van der Waals surface area contributed by atoms with Crippen LogP contribution in [-0.2, 0) is 9.59 Å². The number of nitrogens with one attached hydrogen (secondary N) is 1. The third kappa shape index (κ3) is 5.57. The molecule has 0 bridgehead atoms. The Hall–Kier alpha value is -2.57. The molecular formula is C25H29N3O2S. The number of carbonyl (C=O) groups excluding carboxylic acids is 2. The van der Waals surface area contributed by atoms with E-state index in [0.29, 0.717) is 11.4 Å². The maximum atomic E-state index is 13.3. The molecule has 2 aromatic carbocycles. The number of carbonyl (C=O) groups is 2. The summed E-state index contributed by atoms with van der Waals surface area (Å²) in [7, 11) is 0. The summed E-state index contributed by atoms with van der Waals surface area (Å²) in [6.45, 7) is 6.06. The topological polar surface area (TPSA) is 52.7 Å². The van der Waals surface area contributed by atoms with Gasteiger partial charge in [0.2, 0.25) is 5.91 Å². The smallest absolute Gasteiger partial charge is 0.265 e. The number of hydrogen-bond acceptors (Lipinski definition) is 4. The summed E-state index contributed by atoms with van der Waals surface area (Å²) in [4.78, 5) is 31.6. The Balaban J connectivity index is 1.43. The summed E-state index contributed by atoms with van der Waals surface area (Å²) in [5.41, 5.74) is 2.93. The number of aryl methyl sites for hydroxylation is 1. The Labute approximate surface area is 188 Å². The van der Waals surface area contributed by atoms with Crippen molar-refractivity contribution in [2.45, 2.75) is 31.1 Å². The zero-order valence-corrected chi connectivity index (χ0v) is 18.8. The van der Waals surface area contributed by atoms with E-state index < -0.39 is 0 Å². The molecule has 4 rings (SSSR count). The van der Waals surface area contributed by atoms with Crippen molar-refractivity contribution in [1.82, 2.24) is 10.2 Å². The van der Waals surface area contributed by atoms with Crippen molar-refractivity contribution in [3.05, 3.63) is 64.6 Å². The molecule has 1 saturated heterocycles. The highest BCUT2D eigenvalue weighted by Gasteiger charge is 2.30. The molecule has 162 valence electrons. The summed E-state index contributed by atoms with van der Waals surface area (Å²) >= 11 is 1.46. The van der Waals surface area contributed by atoms with Crippen molar-refractivity contribution in [3.8, 4) is 0 Å². The fourth-order valence-electron chi connectivity index (χ4n) is 4.07. The number of amides is 2. The Kier molecular flexibility index (Phi) is 7.10. The number of para-hydroxylation sites is 1. The van der Waals surface area contributed by atoms with Crippen LogP contribution in [0.4, 0.5) is 5.69 Å². The lowest BCUT2D eigenvalue weighted by molar-refractivity contribution is -0.122. The van der Waals surface area contributed by atoms with E-state index in [1.54, 1.807) is 4.90 Å². The molecule has 31 heavy (non-hydrogen) atoms. The predicted molar refractivity (Wildman–Crippen MR) is 127 cm³/mol. The number of hydrogen-bond donors (Lipinski definition) is 1. The second-order valence-corrected chi connectivity index (χ2v) is 9.22. The minimum atomic E-state index is -0.127. The van der Waals surface area contributed by atoms with E-state index in [4.69, 9.17) is 0 Å². The fraction of sp³-hybridized carbons (Fsp3) is 0.360. The van der Waals surface area contributed by atoms with Crippen molar-refractivity contribution in [3.63, 3.8) is 0 Å².